The number of benzene rings is 1. The highest BCUT2D eigenvalue weighted by atomic mass is 35.5. The molecule has 0 bridgehead atoms. The van der Waals surface area contributed by atoms with Crippen molar-refractivity contribution in [3.05, 3.63) is 71.8 Å². The highest BCUT2D eigenvalue weighted by Crippen LogP contribution is 2.28. The third-order valence-electron chi connectivity index (χ3n) is 2.98. The van der Waals surface area contributed by atoms with Crippen LogP contribution in [0, 0.1) is 0 Å². The minimum Gasteiger partial charge on any atom is -0.459 e. The summed E-state index contributed by atoms with van der Waals surface area (Å²) in [6, 6.07) is 12.7. The fourth-order valence-corrected chi connectivity index (χ4v) is 2.61. The SMILES string of the molecule is O=C(NSc1cccc(Oc2ncccc2Cl)c1)NC(=O)c1ccco1. The number of aromatic nitrogens is 1. The standard InChI is InChI=1S/C17H12ClN3O4S/c18-13-6-2-8-19-16(13)25-11-4-1-5-12(10-11)26-21-17(23)20-15(22)14-7-3-9-24-14/h1-10H,(H2,20,21,22,23). The van der Waals surface area contributed by atoms with Gasteiger partial charge in [0.05, 0.1) is 6.26 Å². The molecular weight excluding hydrogens is 378 g/mol. The minimum atomic E-state index is -0.671. The summed E-state index contributed by atoms with van der Waals surface area (Å²) in [5.74, 6) is 0.207. The van der Waals surface area contributed by atoms with E-state index in [1.807, 2.05) is 0 Å². The van der Waals surface area contributed by atoms with Crippen LogP contribution in [0.3, 0.4) is 0 Å². The van der Waals surface area contributed by atoms with Crippen LogP contribution in [0.25, 0.3) is 0 Å². The molecule has 9 heteroatoms. The molecular formula is C17H12ClN3O4S. The molecule has 3 rings (SSSR count). The predicted molar refractivity (Wildman–Crippen MR) is 96.3 cm³/mol. The second-order valence-electron chi connectivity index (χ2n) is 4.83. The molecule has 0 saturated heterocycles. The maximum absolute atomic E-state index is 11.8. The van der Waals surface area contributed by atoms with Crippen molar-refractivity contribution in [1.82, 2.24) is 15.0 Å². The lowest BCUT2D eigenvalue weighted by atomic mass is 10.3. The highest BCUT2D eigenvalue weighted by Gasteiger charge is 2.12. The molecule has 3 aromatic rings. The summed E-state index contributed by atoms with van der Waals surface area (Å²) in [4.78, 5) is 28.2. The topological polar surface area (TPSA) is 93.5 Å². The van der Waals surface area contributed by atoms with Gasteiger partial charge in [-0.25, -0.2) is 9.78 Å². The van der Waals surface area contributed by atoms with E-state index in [0.717, 1.165) is 11.9 Å². The van der Waals surface area contributed by atoms with Crippen LogP contribution in [0.15, 0.2) is 70.3 Å². The van der Waals surface area contributed by atoms with E-state index in [1.54, 1.807) is 48.7 Å². The summed E-state index contributed by atoms with van der Waals surface area (Å²) in [6.45, 7) is 0. The lowest BCUT2D eigenvalue weighted by Crippen LogP contribution is -2.36. The van der Waals surface area contributed by atoms with Crippen molar-refractivity contribution in [2.45, 2.75) is 4.90 Å². The Labute approximate surface area is 157 Å². The molecule has 2 heterocycles. The molecule has 0 unspecified atom stereocenters. The molecule has 7 nitrogen and oxygen atoms in total. The number of hydrogen-bond acceptors (Lipinski definition) is 6. The van der Waals surface area contributed by atoms with Gasteiger partial charge in [-0.15, -0.1) is 0 Å². The van der Waals surface area contributed by atoms with Crippen LogP contribution in [-0.2, 0) is 0 Å². The Bertz CT molecular complexity index is 918. The van der Waals surface area contributed by atoms with Crippen LogP contribution in [0.4, 0.5) is 4.79 Å². The summed E-state index contributed by atoms with van der Waals surface area (Å²) in [5.41, 5.74) is 0. The number of ether oxygens (including phenoxy) is 1. The average molecular weight is 390 g/mol. The van der Waals surface area contributed by atoms with E-state index in [-0.39, 0.29) is 11.6 Å². The average Bonchev–Trinajstić information content (AvgIpc) is 3.17. The molecule has 1 aromatic carbocycles. The smallest absolute Gasteiger partial charge is 0.332 e. The molecule has 0 saturated carbocycles. The monoisotopic (exact) mass is 389 g/mol. The first-order valence-corrected chi connectivity index (χ1v) is 8.51. The van der Waals surface area contributed by atoms with Crippen molar-refractivity contribution in [2.24, 2.45) is 0 Å². The van der Waals surface area contributed by atoms with Crippen molar-refractivity contribution < 1.29 is 18.7 Å². The number of halogens is 1. The number of furan rings is 1. The van der Waals surface area contributed by atoms with Gasteiger partial charge in [-0.3, -0.25) is 14.8 Å². The second kappa shape index (κ2) is 8.41. The van der Waals surface area contributed by atoms with Crippen LogP contribution in [0.5, 0.6) is 11.6 Å². The molecule has 0 atom stereocenters. The molecule has 0 aliphatic heterocycles. The number of carbonyl (C=O) groups is 2. The first-order valence-electron chi connectivity index (χ1n) is 7.32. The molecule has 0 radical (unpaired) electrons. The summed E-state index contributed by atoms with van der Waals surface area (Å²) in [5, 5.41) is 2.54. The van der Waals surface area contributed by atoms with Crippen molar-refractivity contribution >= 4 is 35.5 Å². The predicted octanol–water partition coefficient (Wildman–Crippen LogP) is 4.27. The Balaban J connectivity index is 1.56. The van der Waals surface area contributed by atoms with Crippen LogP contribution in [-0.4, -0.2) is 16.9 Å². The first-order chi connectivity index (χ1) is 12.6. The second-order valence-corrected chi connectivity index (χ2v) is 6.12. The van der Waals surface area contributed by atoms with Crippen molar-refractivity contribution in [2.75, 3.05) is 0 Å². The number of urea groups is 1. The Kier molecular flexibility index (Phi) is 5.77. The van der Waals surface area contributed by atoms with E-state index in [9.17, 15) is 9.59 Å². The van der Waals surface area contributed by atoms with Crippen LogP contribution in [0.1, 0.15) is 10.6 Å². The van der Waals surface area contributed by atoms with Crippen LogP contribution in [0.2, 0.25) is 5.02 Å². The summed E-state index contributed by atoms with van der Waals surface area (Å²) in [7, 11) is 0. The fourth-order valence-electron chi connectivity index (χ4n) is 1.86. The van der Waals surface area contributed by atoms with Crippen molar-refractivity contribution in [3.8, 4) is 11.6 Å². The number of amides is 3. The normalized spacial score (nSPS) is 10.2. The minimum absolute atomic E-state index is 0.0489. The van der Waals surface area contributed by atoms with E-state index in [0.29, 0.717) is 15.7 Å². The van der Waals surface area contributed by atoms with Gasteiger partial charge < -0.3 is 9.15 Å². The van der Waals surface area contributed by atoms with E-state index in [1.165, 1.54) is 12.3 Å². The molecule has 2 N–H and O–H groups in total. The maximum atomic E-state index is 11.8. The lowest BCUT2D eigenvalue weighted by Gasteiger charge is -2.08. The van der Waals surface area contributed by atoms with Gasteiger partial charge in [-0.2, -0.15) is 0 Å². The van der Waals surface area contributed by atoms with Crippen LogP contribution < -0.4 is 14.8 Å². The third kappa shape index (κ3) is 4.78. The molecule has 26 heavy (non-hydrogen) atoms. The Morgan fingerprint density at radius 3 is 2.81 bits per heavy atom. The number of nitrogens with zero attached hydrogens (tertiary/aromatic N) is 1. The summed E-state index contributed by atoms with van der Waals surface area (Å²) >= 11 is 7.03. The third-order valence-corrected chi connectivity index (χ3v) is 4.04. The number of carbonyl (C=O) groups excluding carboxylic acids is 2. The van der Waals surface area contributed by atoms with Gasteiger partial charge in [0.15, 0.2) is 5.76 Å². The lowest BCUT2D eigenvalue weighted by molar-refractivity contribution is 0.0938. The quantitative estimate of drug-likeness (QED) is 0.633. The maximum Gasteiger partial charge on any atom is 0.332 e. The number of nitrogens with one attached hydrogen (secondary N) is 2. The Hall–Kier alpha value is -2.97. The first kappa shape index (κ1) is 17.8. The summed E-state index contributed by atoms with van der Waals surface area (Å²) in [6.07, 6.45) is 2.92. The van der Waals surface area contributed by atoms with Gasteiger partial charge >= 0.3 is 6.03 Å². The number of hydrogen-bond donors (Lipinski definition) is 2. The van der Waals surface area contributed by atoms with E-state index >= 15 is 0 Å². The number of rotatable bonds is 5. The van der Waals surface area contributed by atoms with E-state index in [4.69, 9.17) is 20.8 Å². The Morgan fingerprint density at radius 2 is 2.04 bits per heavy atom. The zero-order valence-corrected chi connectivity index (χ0v) is 14.7. The fraction of sp³-hybridized carbons (Fsp3) is 0. The Morgan fingerprint density at radius 1 is 1.15 bits per heavy atom. The highest BCUT2D eigenvalue weighted by molar-refractivity contribution is 7.98. The largest absolute Gasteiger partial charge is 0.459 e. The number of pyridine rings is 1. The van der Waals surface area contributed by atoms with Crippen molar-refractivity contribution in [1.29, 1.82) is 0 Å². The molecule has 0 aliphatic rings. The molecule has 2 aromatic heterocycles. The van der Waals surface area contributed by atoms with E-state index < -0.39 is 11.9 Å². The van der Waals surface area contributed by atoms with Gasteiger partial charge in [0.1, 0.15) is 10.8 Å². The zero-order chi connectivity index (χ0) is 18.4. The number of imide groups is 1. The van der Waals surface area contributed by atoms with Crippen molar-refractivity contribution in [3.63, 3.8) is 0 Å². The summed E-state index contributed by atoms with van der Waals surface area (Å²) < 4.78 is 13.0. The molecule has 0 fully saturated rings. The molecule has 0 aliphatic carbocycles. The van der Waals surface area contributed by atoms with Crippen LogP contribution >= 0.6 is 23.5 Å². The van der Waals surface area contributed by atoms with Gasteiger partial charge in [0, 0.05) is 11.1 Å². The molecule has 3 amide bonds. The van der Waals surface area contributed by atoms with Gasteiger partial charge in [-0.1, -0.05) is 17.7 Å². The van der Waals surface area contributed by atoms with E-state index in [2.05, 4.69) is 15.0 Å². The van der Waals surface area contributed by atoms with Gasteiger partial charge in [0.2, 0.25) is 5.88 Å². The zero-order valence-electron chi connectivity index (χ0n) is 13.1. The molecule has 132 valence electrons. The van der Waals surface area contributed by atoms with Gasteiger partial charge in [-0.05, 0) is 54.4 Å². The van der Waals surface area contributed by atoms with Gasteiger partial charge in [0.25, 0.3) is 5.91 Å². The molecule has 0 spiro atoms.